The highest BCUT2D eigenvalue weighted by atomic mass is 35.5. The molecule has 1 heterocycles. The molecule has 4 nitrogen and oxygen atoms in total. The van der Waals surface area contributed by atoms with Crippen molar-refractivity contribution in [1.82, 2.24) is 9.97 Å². The molecule has 1 unspecified atom stereocenters. The molecule has 0 amide bonds. The normalized spacial score (nSPS) is 11.8. The van der Waals surface area contributed by atoms with Gasteiger partial charge in [-0.15, -0.1) is 0 Å². The molecule has 2 N–H and O–H groups in total. The smallest absolute Gasteiger partial charge is 0.229 e. The van der Waals surface area contributed by atoms with Crippen LogP contribution in [0.2, 0.25) is 5.02 Å². The highest BCUT2D eigenvalue weighted by Gasteiger charge is 2.09. The fourth-order valence-electron chi connectivity index (χ4n) is 2.61. The van der Waals surface area contributed by atoms with Crippen LogP contribution in [0, 0.1) is 13.8 Å². The predicted molar refractivity (Wildman–Crippen MR) is 105 cm³/mol. The minimum atomic E-state index is 0.149. The lowest BCUT2D eigenvalue weighted by atomic mass is 10.1. The third kappa shape index (κ3) is 4.28. The molecule has 0 saturated carbocycles. The summed E-state index contributed by atoms with van der Waals surface area (Å²) in [4.78, 5) is 9.06. The molecular formula is C20H21ClN4. The Balaban J connectivity index is 1.82. The quantitative estimate of drug-likeness (QED) is 0.621. The van der Waals surface area contributed by atoms with Gasteiger partial charge in [0.1, 0.15) is 5.82 Å². The summed E-state index contributed by atoms with van der Waals surface area (Å²) in [6.07, 6.45) is 0. The number of hydrogen-bond acceptors (Lipinski definition) is 4. The van der Waals surface area contributed by atoms with Crippen LogP contribution >= 0.6 is 11.6 Å². The molecule has 0 aliphatic rings. The molecule has 128 valence electrons. The third-order valence-corrected chi connectivity index (χ3v) is 4.44. The minimum Gasteiger partial charge on any atom is -0.363 e. The van der Waals surface area contributed by atoms with Gasteiger partial charge in [-0.1, -0.05) is 48.0 Å². The predicted octanol–water partition coefficient (Wildman–Crippen LogP) is 5.66. The van der Waals surface area contributed by atoms with Gasteiger partial charge in [0.25, 0.3) is 0 Å². The monoisotopic (exact) mass is 352 g/mol. The molecule has 25 heavy (non-hydrogen) atoms. The zero-order chi connectivity index (χ0) is 17.8. The zero-order valence-electron chi connectivity index (χ0n) is 14.5. The number of hydrogen-bond donors (Lipinski definition) is 2. The second-order valence-electron chi connectivity index (χ2n) is 6.03. The van der Waals surface area contributed by atoms with E-state index in [-0.39, 0.29) is 6.04 Å². The number of nitrogens with zero attached hydrogens (tertiary/aromatic N) is 2. The van der Waals surface area contributed by atoms with E-state index in [9.17, 15) is 0 Å². The van der Waals surface area contributed by atoms with E-state index in [0.29, 0.717) is 11.0 Å². The lowest BCUT2D eigenvalue weighted by Gasteiger charge is -2.16. The second-order valence-corrected chi connectivity index (χ2v) is 6.44. The van der Waals surface area contributed by atoms with Crippen molar-refractivity contribution in [3.05, 3.63) is 76.4 Å². The third-order valence-electron chi connectivity index (χ3n) is 4.03. The van der Waals surface area contributed by atoms with E-state index in [1.54, 1.807) is 0 Å². The Morgan fingerprint density at radius 3 is 2.48 bits per heavy atom. The largest absolute Gasteiger partial charge is 0.363 e. The van der Waals surface area contributed by atoms with Gasteiger partial charge in [-0.25, -0.2) is 4.98 Å². The maximum Gasteiger partial charge on any atom is 0.229 e. The molecular weight excluding hydrogens is 332 g/mol. The maximum absolute atomic E-state index is 6.19. The van der Waals surface area contributed by atoms with E-state index in [1.165, 1.54) is 5.56 Å². The first-order valence-corrected chi connectivity index (χ1v) is 8.60. The molecule has 0 radical (unpaired) electrons. The molecule has 3 aromatic rings. The number of benzene rings is 2. The van der Waals surface area contributed by atoms with E-state index in [4.69, 9.17) is 11.6 Å². The minimum absolute atomic E-state index is 0.149. The van der Waals surface area contributed by atoms with E-state index < -0.39 is 0 Å². The molecule has 2 aromatic carbocycles. The Bertz CT molecular complexity index is 865. The van der Waals surface area contributed by atoms with E-state index in [1.807, 2.05) is 56.3 Å². The number of aromatic nitrogens is 2. The summed E-state index contributed by atoms with van der Waals surface area (Å²) < 4.78 is 0. The van der Waals surface area contributed by atoms with Crippen LogP contribution in [-0.2, 0) is 0 Å². The maximum atomic E-state index is 6.19. The Hall–Kier alpha value is -2.59. The molecule has 3 rings (SSSR count). The van der Waals surface area contributed by atoms with Gasteiger partial charge >= 0.3 is 0 Å². The molecule has 0 fully saturated rings. The van der Waals surface area contributed by atoms with Crippen molar-refractivity contribution in [1.29, 1.82) is 0 Å². The summed E-state index contributed by atoms with van der Waals surface area (Å²) in [6.45, 7) is 6.04. The van der Waals surface area contributed by atoms with Gasteiger partial charge in [0.05, 0.1) is 0 Å². The summed E-state index contributed by atoms with van der Waals surface area (Å²) in [5.74, 6) is 1.33. The lowest BCUT2D eigenvalue weighted by molar-refractivity contribution is 0.871. The Morgan fingerprint density at radius 2 is 1.72 bits per heavy atom. The van der Waals surface area contributed by atoms with Crippen molar-refractivity contribution in [2.45, 2.75) is 26.8 Å². The second kappa shape index (κ2) is 7.53. The molecule has 0 aliphatic carbocycles. The highest BCUT2D eigenvalue weighted by Crippen LogP contribution is 2.26. The first-order chi connectivity index (χ1) is 12.0. The van der Waals surface area contributed by atoms with Crippen LogP contribution in [0.1, 0.15) is 29.8 Å². The zero-order valence-corrected chi connectivity index (χ0v) is 15.3. The van der Waals surface area contributed by atoms with Gasteiger partial charge in [-0.05, 0) is 44.0 Å². The van der Waals surface area contributed by atoms with Crippen molar-refractivity contribution in [2.24, 2.45) is 0 Å². The number of anilines is 3. The Labute approximate surface area is 153 Å². The number of rotatable bonds is 5. The highest BCUT2D eigenvalue weighted by molar-refractivity contribution is 6.31. The van der Waals surface area contributed by atoms with Gasteiger partial charge in [0.15, 0.2) is 0 Å². The van der Waals surface area contributed by atoms with Crippen LogP contribution in [0.15, 0.2) is 54.6 Å². The number of aryl methyl sites for hydroxylation is 1. The molecule has 1 aromatic heterocycles. The summed E-state index contributed by atoms with van der Waals surface area (Å²) in [6, 6.07) is 18.1. The van der Waals surface area contributed by atoms with Crippen molar-refractivity contribution >= 4 is 29.1 Å². The van der Waals surface area contributed by atoms with Crippen molar-refractivity contribution in [3.8, 4) is 0 Å². The summed E-state index contributed by atoms with van der Waals surface area (Å²) >= 11 is 6.19. The Morgan fingerprint density at radius 1 is 0.960 bits per heavy atom. The number of halogens is 1. The van der Waals surface area contributed by atoms with Gasteiger partial charge < -0.3 is 10.6 Å². The van der Waals surface area contributed by atoms with Crippen LogP contribution in [0.5, 0.6) is 0 Å². The molecule has 0 spiro atoms. The number of nitrogens with one attached hydrogen (secondary N) is 2. The topological polar surface area (TPSA) is 49.8 Å². The summed E-state index contributed by atoms with van der Waals surface area (Å²) in [5, 5.41) is 7.41. The first kappa shape index (κ1) is 17.2. The van der Waals surface area contributed by atoms with Crippen LogP contribution in [0.3, 0.4) is 0 Å². The van der Waals surface area contributed by atoms with Crippen LogP contribution in [0.4, 0.5) is 17.5 Å². The molecule has 0 bridgehead atoms. The fraction of sp³-hybridized carbons (Fsp3) is 0.200. The molecule has 5 heteroatoms. The van der Waals surface area contributed by atoms with Crippen LogP contribution in [0.25, 0.3) is 0 Å². The van der Waals surface area contributed by atoms with Gasteiger partial charge in [-0.3, -0.25) is 0 Å². The summed E-state index contributed by atoms with van der Waals surface area (Å²) in [7, 11) is 0. The SMILES string of the molecule is Cc1cc(NC(C)c2ccccc2)nc(Nc2cccc(Cl)c2C)n1. The lowest BCUT2D eigenvalue weighted by Crippen LogP contribution is -2.10. The van der Waals surface area contributed by atoms with E-state index in [2.05, 4.69) is 39.7 Å². The van der Waals surface area contributed by atoms with Gasteiger partial charge in [-0.2, -0.15) is 4.98 Å². The van der Waals surface area contributed by atoms with Crippen LogP contribution < -0.4 is 10.6 Å². The first-order valence-electron chi connectivity index (χ1n) is 8.22. The molecule has 0 saturated heterocycles. The average molecular weight is 353 g/mol. The van der Waals surface area contributed by atoms with Crippen molar-refractivity contribution in [3.63, 3.8) is 0 Å². The van der Waals surface area contributed by atoms with Gasteiger partial charge in [0, 0.05) is 28.5 Å². The van der Waals surface area contributed by atoms with Crippen LogP contribution in [-0.4, -0.2) is 9.97 Å². The summed E-state index contributed by atoms with van der Waals surface area (Å²) in [5.41, 5.74) is 3.97. The van der Waals surface area contributed by atoms with Gasteiger partial charge in [0.2, 0.25) is 5.95 Å². The van der Waals surface area contributed by atoms with Crippen molar-refractivity contribution in [2.75, 3.05) is 10.6 Å². The standard InChI is InChI=1S/C20H21ClN4/c1-13-12-19(23-15(3)16-8-5-4-6-9-16)25-20(22-13)24-18-11-7-10-17(21)14(18)2/h4-12,15H,1-3H3,(H2,22,23,24,25). The Kier molecular flexibility index (Phi) is 5.19. The average Bonchev–Trinajstić information content (AvgIpc) is 2.59. The molecule has 0 aliphatic heterocycles. The fourth-order valence-corrected chi connectivity index (χ4v) is 2.78. The van der Waals surface area contributed by atoms with E-state index in [0.717, 1.165) is 22.8 Å². The molecule has 1 atom stereocenters. The van der Waals surface area contributed by atoms with Crippen molar-refractivity contribution < 1.29 is 0 Å². The van der Waals surface area contributed by atoms with E-state index >= 15 is 0 Å².